The third kappa shape index (κ3) is 1.57. The van der Waals surface area contributed by atoms with Crippen LogP contribution in [0.25, 0.3) is 11.1 Å². The molecule has 0 bridgehead atoms. The van der Waals surface area contributed by atoms with E-state index in [1.54, 1.807) is 10.3 Å². The van der Waals surface area contributed by atoms with Gasteiger partial charge in [0, 0.05) is 4.88 Å². The second-order valence-electron chi connectivity index (χ2n) is 2.75. The summed E-state index contributed by atoms with van der Waals surface area (Å²) >= 11 is 0. The lowest BCUT2D eigenvalue weighted by atomic mass is 10.1. The van der Waals surface area contributed by atoms with Crippen LogP contribution >= 0.6 is 20.7 Å². The van der Waals surface area contributed by atoms with Crippen LogP contribution in [0.15, 0.2) is 35.1 Å². The highest BCUT2D eigenvalue weighted by Gasteiger charge is 2.08. The monoisotopic (exact) mass is 208 g/mol. The van der Waals surface area contributed by atoms with Crippen LogP contribution < -0.4 is 4.74 Å². The number of rotatable bonds is 1. The lowest BCUT2D eigenvalue weighted by Gasteiger charge is -1.95. The van der Waals surface area contributed by atoms with Gasteiger partial charge in [0.15, 0.2) is 0 Å². The SMILES string of the molecule is Cc1ssc(=O)c1-c1ccccc1. The number of hydrogen-bond acceptors (Lipinski definition) is 3. The van der Waals surface area contributed by atoms with Crippen LogP contribution in [0.1, 0.15) is 4.88 Å². The Labute approximate surface area is 83.7 Å². The fourth-order valence-electron chi connectivity index (χ4n) is 1.25. The molecule has 2 aromatic rings. The van der Waals surface area contributed by atoms with Gasteiger partial charge in [-0.25, -0.2) is 0 Å². The molecule has 0 amide bonds. The third-order valence-corrected chi connectivity index (χ3v) is 4.21. The van der Waals surface area contributed by atoms with Crippen LogP contribution in [0.4, 0.5) is 0 Å². The zero-order chi connectivity index (χ0) is 9.26. The first kappa shape index (κ1) is 8.66. The Morgan fingerprint density at radius 2 is 1.77 bits per heavy atom. The van der Waals surface area contributed by atoms with E-state index in [0.29, 0.717) is 0 Å². The number of hydrogen-bond donors (Lipinski definition) is 0. The van der Waals surface area contributed by atoms with Gasteiger partial charge in [-0.05, 0) is 22.8 Å². The maximum Gasteiger partial charge on any atom is 0.250 e. The zero-order valence-corrected chi connectivity index (χ0v) is 8.74. The van der Waals surface area contributed by atoms with Gasteiger partial charge >= 0.3 is 0 Å². The van der Waals surface area contributed by atoms with Crippen molar-refractivity contribution in [2.45, 2.75) is 6.92 Å². The minimum Gasteiger partial charge on any atom is -0.276 e. The van der Waals surface area contributed by atoms with Crippen LogP contribution in [0.3, 0.4) is 0 Å². The van der Waals surface area contributed by atoms with Crippen molar-refractivity contribution in [3.63, 3.8) is 0 Å². The maximum atomic E-state index is 11.5. The van der Waals surface area contributed by atoms with E-state index in [1.165, 1.54) is 10.3 Å². The Morgan fingerprint density at radius 1 is 1.08 bits per heavy atom. The molecule has 0 saturated carbocycles. The van der Waals surface area contributed by atoms with Crippen LogP contribution in [-0.4, -0.2) is 0 Å². The summed E-state index contributed by atoms with van der Waals surface area (Å²) in [6, 6.07) is 9.82. The van der Waals surface area contributed by atoms with E-state index in [-0.39, 0.29) is 4.74 Å². The van der Waals surface area contributed by atoms with Gasteiger partial charge < -0.3 is 0 Å². The van der Waals surface area contributed by atoms with Gasteiger partial charge in [-0.1, -0.05) is 40.7 Å². The summed E-state index contributed by atoms with van der Waals surface area (Å²) in [5.41, 5.74) is 1.90. The lowest BCUT2D eigenvalue weighted by Crippen LogP contribution is -1.94. The summed E-state index contributed by atoms with van der Waals surface area (Å²) < 4.78 is 0.175. The molecule has 0 N–H and O–H groups in total. The summed E-state index contributed by atoms with van der Waals surface area (Å²) in [7, 11) is 2.87. The Balaban J connectivity index is 2.65. The minimum atomic E-state index is 0.175. The molecule has 0 fully saturated rings. The van der Waals surface area contributed by atoms with Gasteiger partial charge in [-0.3, -0.25) is 4.79 Å². The van der Waals surface area contributed by atoms with E-state index in [9.17, 15) is 4.79 Å². The predicted octanol–water partition coefficient (Wildman–Crippen LogP) is 3.15. The van der Waals surface area contributed by atoms with Crippen LogP contribution in [0.2, 0.25) is 0 Å². The molecule has 0 aliphatic heterocycles. The molecule has 0 saturated heterocycles. The van der Waals surface area contributed by atoms with E-state index < -0.39 is 0 Å². The van der Waals surface area contributed by atoms with Crippen molar-refractivity contribution in [2.24, 2.45) is 0 Å². The fourth-order valence-corrected chi connectivity index (χ4v) is 3.27. The van der Waals surface area contributed by atoms with Crippen molar-refractivity contribution < 1.29 is 0 Å². The first-order chi connectivity index (χ1) is 6.29. The summed E-state index contributed by atoms with van der Waals surface area (Å²) in [6.45, 7) is 1.99. The molecule has 1 aromatic heterocycles. The molecule has 0 radical (unpaired) electrons. The standard InChI is InChI=1S/C10H8OS2/c1-7-9(10(11)13-12-7)8-5-3-2-4-6-8/h2-6H,1H3. The predicted molar refractivity (Wildman–Crippen MR) is 58.6 cm³/mol. The summed E-state index contributed by atoms with van der Waals surface area (Å²) in [5.74, 6) is 0. The van der Waals surface area contributed by atoms with E-state index in [0.717, 1.165) is 16.0 Å². The quantitative estimate of drug-likeness (QED) is 0.658. The molecule has 0 aliphatic carbocycles. The van der Waals surface area contributed by atoms with Crippen molar-refractivity contribution in [2.75, 3.05) is 0 Å². The molecule has 1 heterocycles. The van der Waals surface area contributed by atoms with E-state index in [4.69, 9.17) is 0 Å². The average molecular weight is 208 g/mol. The van der Waals surface area contributed by atoms with Gasteiger partial charge in [0.1, 0.15) is 0 Å². The minimum absolute atomic E-state index is 0.175. The lowest BCUT2D eigenvalue weighted by molar-refractivity contribution is 1.56. The molecule has 0 atom stereocenters. The molecule has 0 unspecified atom stereocenters. The molecule has 13 heavy (non-hydrogen) atoms. The molecular weight excluding hydrogens is 200 g/mol. The molecular formula is C10H8OS2. The van der Waals surface area contributed by atoms with Crippen LogP contribution in [0, 0.1) is 6.92 Å². The van der Waals surface area contributed by atoms with Gasteiger partial charge in [0.2, 0.25) is 0 Å². The third-order valence-electron chi connectivity index (χ3n) is 1.86. The smallest absolute Gasteiger partial charge is 0.250 e. The van der Waals surface area contributed by atoms with Crippen molar-refractivity contribution in [1.29, 1.82) is 0 Å². The van der Waals surface area contributed by atoms with Crippen molar-refractivity contribution in [1.82, 2.24) is 0 Å². The van der Waals surface area contributed by atoms with Crippen molar-refractivity contribution in [3.8, 4) is 11.1 Å². The second kappa shape index (κ2) is 3.44. The maximum absolute atomic E-state index is 11.5. The topological polar surface area (TPSA) is 17.1 Å². The molecule has 66 valence electrons. The van der Waals surface area contributed by atoms with E-state index >= 15 is 0 Å². The average Bonchev–Trinajstić information content (AvgIpc) is 2.48. The Bertz CT molecular complexity index is 453. The highest BCUT2D eigenvalue weighted by Crippen LogP contribution is 2.25. The van der Waals surface area contributed by atoms with Gasteiger partial charge in [0.05, 0.1) is 5.56 Å². The zero-order valence-electron chi connectivity index (χ0n) is 7.11. The van der Waals surface area contributed by atoms with Gasteiger partial charge in [0.25, 0.3) is 4.74 Å². The second-order valence-corrected chi connectivity index (χ2v) is 5.07. The first-order valence-corrected chi connectivity index (χ1v) is 6.09. The molecule has 1 aromatic carbocycles. The van der Waals surface area contributed by atoms with Gasteiger partial charge in [-0.2, -0.15) is 0 Å². The van der Waals surface area contributed by atoms with E-state index in [2.05, 4.69) is 0 Å². The first-order valence-electron chi connectivity index (χ1n) is 3.94. The highest BCUT2D eigenvalue weighted by atomic mass is 32.9. The van der Waals surface area contributed by atoms with Crippen LogP contribution in [-0.2, 0) is 0 Å². The molecule has 3 heteroatoms. The Kier molecular flexibility index (Phi) is 2.29. The summed E-state index contributed by atoms with van der Waals surface area (Å²) in [5, 5.41) is 0. The molecule has 1 nitrogen and oxygen atoms in total. The summed E-state index contributed by atoms with van der Waals surface area (Å²) in [4.78, 5) is 12.6. The molecule has 0 spiro atoms. The largest absolute Gasteiger partial charge is 0.276 e. The summed E-state index contributed by atoms with van der Waals surface area (Å²) in [6.07, 6.45) is 0. The Morgan fingerprint density at radius 3 is 2.31 bits per heavy atom. The number of benzene rings is 1. The normalized spacial score (nSPS) is 10.2. The van der Waals surface area contributed by atoms with Crippen molar-refractivity contribution >= 4 is 20.7 Å². The number of aryl methyl sites for hydroxylation is 1. The molecule has 0 aliphatic rings. The van der Waals surface area contributed by atoms with Crippen LogP contribution in [0.5, 0.6) is 0 Å². The van der Waals surface area contributed by atoms with E-state index in [1.807, 2.05) is 37.3 Å². The fraction of sp³-hybridized carbons (Fsp3) is 0.100. The van der Waals surface area contributed by atoms with Crippen molar-refractivity contribution in [3.05, 3.63) is 44.7 Å². The van der Waals surface area contributed by atoms with Gasteiger partial charge in [-0.15, -0.1) is 0 Å². The highest BCUT2D eigenvalue weighted by molar-refractivity contribution is 7.68. The Hall–Kier alpha value is -0.930. The molecule has 2 rings (SSSR count).